The van der Waals surface area contributed by atoms with E-state index in [0.717, 1.165) is 12.8 Å². The standard InChI is InChI=1S/C18H24F3N9/c1-4-23-15-12(17(19,20)21)10-24-18(22,27-15)14-9-13(28-29(14)11-5-6-11)16(2,3)30-25-7-8-26-30/h7-11,24H,4-6,22H2,1-3H3,(H,23,27)/i1D3,4D2. The van der Waals surface area contributed by atoms with Crippen molar-refractivity contribution in [1.29, 1.82) is 0 Å². The molecular formula is C18H24F3N9. The van der Waals surface area contributed by atoms with E-state index in [1.807, 2.05) is 0 Å². The first-order valence-corrected chi connectivity index (χ1v) is 9.15. The van der Waals surface area contributed by atoms with Gasteiger partial charge in [0.1, 0.15) is 22.6 Å². The maximum Gasteiger partial charge on any atom is 0.421 e. The largest absolute Gasteiger partial charge is 0.421 e. The van der Waals surface area contributed by atoms with Crippen LogP contribution >= 0.6 is 0 Å². The molecule has 1 fully saturated rings. The summed E-state index contributed by atoms with van der Waals surface area (Å²) >= 11 is 0. The molecule has 9 nitrogen and oxygen atoms in total. The Morgan fingerprint density at radius 1 is 1.37 bits per heavy atom. The number of hydrogen-bond donors (Lipinski definition) is 3. The van der Waals surface area contributed by atoms with Crippen molar-refractivity contribution in [3.63, 3.8) is 0 Å². The molecule has 0 amide bonds. The van der Waals surface area contributed by atoms with Crippen molar-refractivity contribution < 1.29 is 20.0 Å². The summed E-state index contributed by atoms with van der Waals surface area (Å²) in [6.07, 6.45) is 0.113. The molecule has 4 rings (SSSR count). The Morgan fingerprint density at radius 2 is 2.07 bits per heavy atom. The zero-order valence-corrected chi connectivity index (χ0v) is 16.2. The summed E-state index contributed by atoms with van der Waals surface area (Å²) < 4.78 is 80.2. The first-order chi connectivity index (χ1) is 16.0. The van der Waals surface area contributed by atoms with Crippen molar-refractivity contribution >= 4 is 5.84 Å². The number of alkyl halides is 3. The van der Waals surface area contributed by atoms with E-state index >= 15 is 0 Å². The van der Waals surface area contributed by atoms with Crippen molar-refractivity contribution in [2.24, 2.45) is 10.7 Å². The number of likely N-dealkylation sites (N-methyl/N-ethyl adjacent to an activating group) is 1. The van der Waals surface area contributed by atoms with Gasteiger partial charge in [0.15, 0.2) is 0 Å². The predicted octanol–water partition coefficient (Wildman–Crippen LogP) is 1.72. The van der Waals surface area contributed by atoms with E-state index in [2.05, 4.69) is 25.6 Å². The fraction of sp³-hybridized carbons (Fsp3) is 0.556. The molecule has 0 bridgehead atoms. The van der Waals surface area contributed by atoms with Crippen LogP contribution in [0.4, 0.5) is 13.2 Å². The molecule has 0 spiro atoms. The van der Waals surface area contributed by atoms with Gasteiger partial charge in [0.2, 0.25) is 5.79 Å². The Kier molecular flexibility index (Phi) is 3.41. The Hall–Kier alpha value is -2.89. The Labute approximate surface area is 178 Å². The third-order valence-corrected chi connectivity index (χ3v) is 5.03. The molecule has 0 aromatic carbocycles. The van der Waals surface area contributed by atoms with Crippen LogP contribution in [0.25, 0.3) is 0 Å². The van der Waals surface area contributed by atoms with Gasteiger partial charge in [0.05, 0.1) is 24.1 Å². The molecule has 0 radical (unpaired) electrons. The monoisotopic (exact) mass is 428 g/mol. The molecule has 1 atom stereocenters. The van der Waals surface area contributed by atoms with Crippen molar-refractivity contribution in [2.75, 3.05) is 6.50 Å². The van der Waals surface area contributed by atoms with Crippen LogP contribution in [0.15, 0.2) is 35.2 Å². The number of aromatic nitrogens is 5. The summed E-state index contributed by atoms with van der Waals surface area (Å²) in [6, 6.07) is 1.51. The lowest BCUT2D eigenvalue weighted by Crippen LogP contribution is -2.53. The van der Waals surface area contributed by atoms with E-state index in [-0.39, 0.29) is 11.7 Å². The lowest BCUT2D eigenvalue weighted by molar-refractivity contribution is -0.0872. The average molecular weight is 428 g/mol. The minimum absolute atomic E-state index is 0.0595. The van der Waals surface area contributed by atoms with Crippen molar-refractivity contribution in [3.05, 3.63) is 41.6 Å². The van der Waals surface area contributed by atoms with Crippen LogP contribution < -0.4 is 16.4 Å². The highest BCUT2D eigenvalue weighted by molar-refractivity contribution is 6.00. The molecule has 2 aromatic rings. The maximum atomic E-state index is 13.7. The molecule has 12 heteroatoms. The van der Waals surface area contributed by atoms with Crippen molar-refractivity contribution in [1.82, 2.24) is 35.4 Å². The lowest BCUT2D eigenvalue weighted by Gasteiger charge is -2.32. The summed E-state index contributed by atoms with van der Waals surface area (Å²) in [4.78, 5) is 5.38. The van der Waals surface area contributed by atoms with Crippen molar-refractivity contribution in [3.8, 4) is 0 Å². The number of nitrogens with one attached hydrogen (secondary N) is 2. The highest BCUT2D eigenvalue weighted by atomic mass is 19.4. The quantitative estimate of drug-likeness (QED) is 0.669. The van der Waals surface area contributed by atoms with Gasteiger partial charge in [-0.3, -0.25) is 10.4 Å². The SMILES string of the molecule is [2H]C([2H])([2H])C([2H])([2H])NC1=NC(N)(c2cc(C(C)(C)n3nccn3)nn2C2CC2)NC=C1C(F)(F)F. The fourth-order valence-electron chi connectivity index (χ4n) is 3.20. The van der Waals surface area contributed by atoms with Crippen LogP contribution in [-0.4, -0.2) is 43.3 Å². The molecule has 162 valence electrons. The fourth-order valence-corrected chi connectivity index (χ4v) is 3.20. The molecule has 1 aliphatic heterocycles. The van der Waals surface area contributed by atoms with Crippen LogP contribution in [0.1, 0.15) is 57.8 Å². The predicted molar refractivity (Wildman–Crippen MR) is 103 cm³/mol. The Bertz CT molecular complexity index is 1160. The van der Waals surface area contributed by atoms with E-state index in [1.165, 1.54) is 17.2 Å². The molecule has 2 aromatic heterocycles. The number of hydrogen-bond acceptors (Lipinski definition) is 7. The molecule has 1 unspecified atom stereocenters. The second-order valence-electron chi connectivity index (χ2n) is 7.65. The van der Waals surface area contributed by atoms with E-state index < -0.39 is 42.3 Å². The molecule has 1 saturated carbocycles. The smallest absolute Gasteiger partial charge is 0.370 e. The first-order valence-electron chi connectivity index (χ1n) is 11.7. The number of halogens is 3. The number of rotatable bonds is 5. The molecule has 2 aliphatic rings. The minimum atomic E-state index is -4.97. The van der Waals surface area contributed by atoms with Gasteiger partial charge in [-0.25, -0.2) is 4.99 Å². The van der Waals surface area contributed by atoms with Gasteiger partial charge in [-0.05, 0) is 39.6 Å². The normalized spacial score (nSPS) is 25.7. The van der Waals surface area contributed by atoms with E-state index in [1.54, 1.807) is 29.9 Å². The maximum absolute atomic E-state index is 13.7. The Morgan fingerprint density at radius 3 is 2.67 bits per heavy atom. The van der Waals surface area contributed by atoms with Crippen LogP contribution in [0.5, 0.6) is 0 Å². The van der Waals surface area contributed by atoms with Gasteiger partial charge in [-0.1, -0.05) is 0 Å². The number of nitrogens with zero attached hydrogens (tertiary/aromatic N) is 6. The summed E-state index contributed by atoms with van der Waals surface area (Å²) in [5, 5.41) is 17.2. The van der Waals surface area contributed by atoms with Crippen LogP contribution in [0.3, 0.4) is 0 Å². The molecule has 0 saturated heterocycles. The number of aliphatic imine (C=N–C) groups is 1. The molecule has 1 aliphatic carbocycles. The highest BCUT2D eigenvalue weighted by Gasteiger charge is 2.45. The average Bonchev–Trinajstić information content (AvgIpc) is 3.21. The summed E-state index contributed by atoms with van der Waals surface area (Å²) in [7, 11) is 0. The Balaban J connectivity index is 1.81. The van der Waals surface area contributed by atoms with Crippen LogP contribution in [-0.2, 0) is 11.3 Å². The molecule has 30 heavy (non-hydrogen) atoms. The van der Waals surface area contributed by atoms with Gasteiger partial charge in [0, 0.05) is 19.6 Å². The third-order valence-electron chi connectivity index (χ3n) is 5.03. The van der Waals surface area contributed by atoms with Gasteiger partial charge in [0.25, 0.3) is 0 Å². The van der Waals surface area contributed by atoms with E-state index in [0.29, 0.717) is 11.9 Å². The topological polar surface area (TPSA) is 111 Å². The third kappa shape index (κ3) is 3.44. The highest BCUT2D eigenvalue weighted by Crippen LogP contribution is 2.40. The summed E-state index contributed by atoms with van der Waals surface area (Å²) in [6.45, 7) is -2.89. The zero-order chi connectivity index (χ0) is 26.0. The molecule has 4 N–H and O–H groups in total. The minimum Gasteiger partial charge on any atom is -0.370 e. The summed E-state index contributed by atoms with van der Waals surface area (Å²) in [5.41, 5.74) is 4.87. The van der Waals surface area contributed by atoms with Crippen LogP contribution in [0, 0.1) is 0 Å². The van der Waals surface area contributed by atoms with Crippen LogP contribution in [0.2, 0.25) is 0 Å². The van der Waals surface area contributed by atoms with Crippen molar-refractivity contribution in [2.45, 2.75) is 57.1 Å². The van der Waals surface area contributed by atoms with Gasteiger partial charge >= 0.3 is 6.18 Å². The number of amidine groups is 1. The molecular weight excluding hydrogens is 399 g/mol. The number of nitrogens with two attached hydrogens (primary N) is 1. The second kappa shape index (κ2) is 6.83. The zero-order valence-electron chi connectivity index (χ0n) is 21.2. The van der Waals surface area contributed by atoms with Gasteiger partial charge < -0.3 is 10.6 Å². The summed E-state index contributed by atoms with van der Waals surface area (Å²) in [5.74, 6) is -3.05. The lowest BCUT2D eigenvalue weighted by atomic mass is 10.0. The second-order valence-corrected chi connectivity index (χ2v) is 7.65. The van der Waals surface area contributed by atoms with E-state index in [9.17, 15) is 13.2 Å². The van der Waals surface area contributed by atoms with Gasteiger partial charge in [-0.2, -0.15) is 33.3 Å². The first kappa shape index (κ1) is 15.0. The molecule has 3 heterocycles. The van der Waals surface area contributed by atoms with E-state index in [4.69, 9.17) is 12.6 Å². The van der Waals surface area contributed by atoms with Gasteiger partial charge in [-0.15, -0.1) is 0 Å².